The van der Waals surface area contributed by atoms with Gasteiger partial charge in [0.25, 0.3) is 0 Å². The maximum atomic E-state index is 5.69. The first-order chi connectivity index (χ1) is 16.9. The van der Waals surface area contributed by atoms with Crippen LogP contribution in [-0.2, 0) is 19.4 Å². The van der Waals surface area contributed by atoms with Crippen LogP contribution in [0.2, 0.25) is 0 Å². The molecule has 1 saturated heterocycles. The molecule has 0 aromatic heterocycles. The van der Waals surface area contributed by atoms with Crippen LogP contribution in [0.25, 0.3) is 0 Å². The molecule has 2 aliphatic rings. The minimum atomic E-state index is 0.648. The van der Waals surface area contributed by atoms with E-state index in [9.17, 15) is 0 Å². The summed E-state index contributed by atoms with van der Waals surface area (Å²) in [7, 11) is 1.89. The number of allylic oxidation sites excluding steroid dienone is 1. The van der Waals surface area contributed by atoms with Gasteiger partial charge in [0.05, 0.1) is 0 Å². The Morgan fingerprint density at radius 1 is 1.17 bits per heavy atom. The maximum Gasteiger partial charge on any atom is 0.102 e. The molecule has 1 aromatic rings. The zero-order valence-corrected chi connectivity index (χ0v) is 24.2. The zero-order valence-electron chi connectivity index (χ0n) is 22.6. The lowest BCUT2D eigenvalue weighted by atomic mass is 9.95. The molecule has 4 nitrogen and oxygen atoms in total. The number of aryl methyl sites for hydroxylation is 1. The van der Waals surface area contributed by atoms with Gasteiger partial charge in [0, 0.05) is 56.7 Å². The van der Waals surface area contributed by atoms with E-state index in [1.54, 1.807) is 0 Å². The number of benzene rings is 1. The third kappa shape index (κ3) is 9.31. The number of piperazine rings is 1. The van der Waals surface area contributed by atoms with E-state index in [0.717, 1.165) is 23.5 Å². The Morgan fingerprint density at radius 3 is 2.51 bits per heavy atom. The highest BCUT2D eigenvalue weighted by Gasteiger charge is 2.25. The van der Waals surface area contributed by atoms with Crippen molar-refractivity contribution in [3.63, 3.8) is 0 Å². The van der Waals surface area contributed by atoms with Gasteiger partial charge in [-0.3, -0.25) is 4.99 Å². The van der Waals surface area contributed by atoms with Crippen LogP contribution >= 0.6 is 24.2 Å². The summed E-state index contributed by atoms with van der Waals surface area (Å²) in [5.41, 5.74) is 6.70. The Bertz CT molecular complexity index is 881. The number of hydrogen-bond donors (Lipinski definition) is 1. The highest BCUT2D eigenvalue weighted by molar-refractivity contribution is 7.97. The Kier molecular flexibility index (Phi) is 11.8. The monoisotopic (exact) mass is 514 g/mol. The molecule has 3 rings (SSSR count). The molecule has 0 spiro atoms. The van der Waals surface area contributed by atoms with Gasteiger partial charge in [-0.1, -0.05) is 63.1 Å². The van der Waals surface area contributed by atoms with Crippen molar-refractivity contribution in [3.05, 3.63) is 46.5 Å². The van der Waals surface area contributed by atoms with Crippen molar-refractivity contribution in [1.82, 2.24) is 14.5 Å². The van der Waals surface area contributed by atoms with Crippen molar-refractivity contribution in [2.24, 2.45) is 10.9 Å². The predicted octanol–water partition coefficient (Wildman–Crippen LogP) is 6.09. The molecule has 1 heterocycles. The molecule has 2 fully saturated rings. The minimum absolute atomic E-state index is 0.648. The summed E-state index contributed by atoms with van der Waals surface area (Å²) >= 11 is 7.70. The summed E-state index contributed by atoms with van der Waals surface area (Å²) in [6.07, 6.45) is 9.46. The van der Waals surface area contributed by atoms with Crippen LogP contribution in [0.1, 0.15) is 70.1 Å². The molecule has 1 aromatic carbocycles. The Labute approximate surface area is 224 Å². The van der Waals surface area contributed by atoms with Crippen molar-refractivity contribution >= 4 is 34.9 Å². The fourth-order valence-corrected chi connectivity index (χ4v) is 6.00. The van der Waals surface area contributed by atoms with Gasteiger partial charge in [-0.25, -0.2) is 4.31 Å². The lowest BCUT2D eigenvalue weighted by molar-refractivity contribution is 0.193. The molecule has 0 amide bonds. The van der Waals surface area contributed by atoms with E-state index in [2.05, 4.69) is 71.5 Å². The molecule has 0 radical (unpaired) electrons. The van der Waals surface area contributed by atoms with Gasteiger partial charge >= 0.3 is 0 Å². The second kappa shape index (κ2) is 14.5. The van der Waals surface area contributed by atoms with Gasteiger partial charge in [0.2, 0.25) is 0 Å². The van der Waals surface area contributed by atoms with E-state index in [4.69, 9.17) is 12.2 Å². The lowest BCUT2D eigenvalue weighted by Crippen LogP contribution is -2.44. The molecule has 0 atom stereocenters. The van der Waals surface area contributed by atoms with Crippen LogP contribution in [0.5, 0.6) is 0 Å². The molecule has 0 unspecified atom stereocenters. The van der Waals surface area contributed by atoms with E-state index >= 15 is 0 Å². The average molecular weight is 515 g/mol. The number of unbranched alkanes of at least 4 members (excludes halogenated alkanes) is 1. The fourth-order valence-electron chi connectivity index (χ4n) is 4.90. The van der Waals surface area contributed by atoms with Crippen molar-refractivity contribution in [1.29, 1.82) is 0 Å². The van der Waals surface area contributed by atoms with Gasteiger partial charge in [0.15, 0.2) is 0 Å². The minimum Gasteiger partial charge on any atom is -0.372 e. The number of nitrogens with one attached hydrogen (secondary N) is 1. The van der Waals surface area contributed by atoms with Gasteiger partial charge in [-0.15, -0.1) is 0 Å². The molecule has 35 heavy (non-hydrogen) atoms. The van der Waals surface area contributed by atoms with Crippen molar-refractivity contribution < 1.29 is 0 Å². The Morgan fingerprint density at radius 2 is 1.89 bits per heavy atom. The smallest absolute Gasteiger partial charge is 0.102 e. The molecule has 194 valence electrons. The van der Waals surface area contributed by atoms with E-state index in [1.807, 2.05) is 19.0 Å². The normalized spacial score (nSPS) is 18.3. The van der Waals surface area contributed by atoms with Crippen LogP contribution in [0, 0.1) is 5.92 Å². The summed E-state index contributed by atoms with van der Waals surface area (Å²) in [6, 6.07) is 6.81. The fraction of sp³-hybridized carbons (Fsp3) is 0.655. The third-order valence-corrected chi connectivity index (χ3v) is 8.55. The largest absolute Gasteiger partial charge is 0.372 e. The van der Waals surface area contributed by atoms with Crippen LogP contribution in [-0.4, -0.2) is 64.9 Å². The Hall–Kier alpha value is -1.21. The molecule has 0 bridgehead atoms. The van der Waals surface area contributed by atoms with Gasteiger partial charge in [-0.2, -0.15) is 0 Å². The van der Waals surface area contributed by atoms with Crippen molar-refractivity contribution in [3.8, 4) is 0 Å². The second-order valence-corrected chi connectivity index (χ2v) is 12.3. The van der Waals surface area contributed by atoms with Crippen molar-refractivity contribution in [2.75, 3.05) is 39.8 Å². The van der Waals surface area contributed by atoms with Crippen LogP contribution in [0.15, 0.2) is 34.8 Å². The maximum absolute atomic E-state index is 5.69. The van der Waals surface area contributed by atoms with Gasteiger partial charge < -0.3 is 10.2 Å². The van der Waals surface area contributed by atoms with E-state index in [1.165, 1.54) is 87.2 Å². The van der Waals surface area contributed by atoms with E-state index in [-0.39, 0.29) is 0 Å². The van der Waals surface area contributed by atoms with Crippen LogP contribution in [0.4, 0.5) is 0 Å². The molecular weight excluding hydrogens is 468 g/mol. The quantitative estimate of drug-likeness (QED) is 0.113. The molecular formula is C29H46N4S2. The van der Waals surface area contributed by atoms with Gasteiger partial charge in [-0.05, 0) is 80.3 Å². The number of hydrogen-bond acceptors (Lipinski definition) is 5. The summed E-state index contributed by atoms with van der Waals surface area (Å²) in [5.74, 6) is 0.648. The molecule has 1 aliphatic carbocycles. The topological polar surface area (TPSA) is 30.9 Å². The highest BCUT2D eigenvalue weighted by Crippen LogP contribution is 2.31. The van der Waals surface area contributed by atoms with E-state index in [0.29, 0.717) is 11.2 Å². The first kappa shape index (κ1) is 28.4. The number of rotatable bonds is 13. The van der Waals surface area contributed by atoms with Gasteiger partial charge in [0.1, 0.15) is 4.99 Å². The molecule has 1 saturated carbocycles. The number of nitrogens with zero attached hydrogens (tertiary/aromatic N) is 3. The zero-order chi connectivity index (χ0) is 25.2. The Balaban J connectivity index is 1.45. The van der Waals surface area contributed by atoms with Crippen LogP contribution in [0.3, 0.4) is 0 Å². The second-order valence-electron chi connectivity index (χ2n) is 10.2. The SMILES string of the molecule is CCc1c(CCCCN2CCN(SC(C)C)CC2)cccc1CNC(=S)/C(C)=C/C(=NC)C1CC1. The summed E-state index contributed by atoms with van der Waals surface area (Å²) in [4.78, 5) is 7.94. The third-order valence-electron chi connectivity index (χ3n) is 7.00. The summed E-state index contributed by atoms with van der Waals surface area (Å²) in [5, 5.41) is 4.20. The first-order valence-electron chi connectivity index (χ1n) is 13.6. The van der Waals surface area contributed by atoms with Crippen molar-refractivity contribution in [2.45, 2.75) is 78.0 Å². The predicted molar refractivity (Wildman–Crippen MR) is 159 cm³/mol. The molecule has 1 N–H and O–H groups in total. The highest BCUT2D eigenvalue weighted by atomic mass is 32.2. The van der Waals surface area contributed by atoms with Crippen LogP contribution < -0.4 is 5.32 Å². The lowest BCUT2D eigenvalue weighted by Gasteiger charge is -2.34. The molecule has 6 heteroatoms. The average Bonchev–Trinajstić information content (AvgIpc) is 3.69. The number of thiocarbonyl (C=S) groups is 1. The number of aliphatic imine (C=N–C) groups is 1. The summed E-state index contributed by atoms with van der Waals surface area (Å²) in [6.45, 7) is 15.8. The summed E-state index contributed by atoms with van der Waals surface area (Å²) < 4.78 is 2.54. The first-order valence-corrected chi connectivity index (χ1v) is 14.8. The molecule has 1 aliphatic heterocycles. The van der Waals surface area contributed by atoms with E-state index < -0.39 is 0 Å². The standard InChI is InChI=1S/C29H46N4S2/c1-6-27-24(10-7-8-15-32-16-18-33(19-17-32)35-22(2)3)11-9-12-26(27)21-31-29(34)23(4)20-28(30-5)25-13-14-25/h9,11-12,20,22,25H,6-8,10,13-19,21H2,1-5H3,(H,31,34)/b23-20+,30-28?.